The van der Waals surface area contributed by atoms with Gasteiger partial charge in [-0.1, -0.05) is 0 Å². The van der Waals surface area contributed by atoms with Gasteiger partial charge in [-0.25, -0.2) is 4.79 Å². The molecule has 6 nitrogen and oxygen atoms in total. The SMILES string of the molecule is CN1CCN(c2ccc(NC(=O)Nc3ccco3)cc2)CC1. The lowest BCUT2D eigenvalue weighted by molar-refractivity contribution is 0.261. The average Bonchev–Trinajstić information content (AvgIpc) is 3.02. The van der Waals surface area contributed by atoms with Crippen molar-refractivity contribution in [2.45, 2.75) is 0 Å². The van der Waals surface area contributed by atoms with Crippen LogP contribution in [0.4, 0.5) is 22.1 Å². The van der Waals surface area contributed by atoms with E-state index in [0.717, 1.165) is 31.9 Å². The number of hydrogen-bond donors (Lipinski definition) is 2. The third kappa shape index (κ3) is 3.59. The molecule has 2 aromatic rings. The van der Waals surface area contributed by atoms with E-state index < -0.39 is 0 Å². The Morgan fingerprint density at radius 1 is 1.05 bits per heavy atom. The molecule has 0 unspecified atom stereocenters. The van der Waals surface area contributed by atoms with E-state index >= 15 is 0 Å². The van der Waals surface area contributed by atoms with Crippen molar-refractivity contribution in [1.82, 2.24) is 4.90 Å². The fourth-order valence-electron chi connectivity index (χ4n) is 2.44. The number of piperazine rings is 1. The number of likely N-dealkylation sites (N-methyl/N-ethyl adjacent to an activating group) is 1. The summed E-state index contributed by atoms with van der Waals surface area (Å²) < 4.78 is 5.07. The lowest BCUT2D eigenvalue weighted by Gasteiger charge is -2.34. The normalized spacial score (nSPS) is 15.6. The van der Waals surface area contributed by atoms with Crippen LogP contribution >= 0.6 is 0 Å². The molecule has 1 aromatic carbocycles. The van der Waals surface area contributed by atoms with Crippen LogP contribution < -0.4 is 15.5 Å². The van der Waals surface area contributed by atoms with Crippen LogP contribution in [0.15, 0.2) is 47.1 Å². The Balaban J connectivity index is 1.56. The number of nitrogens with one attached hydrogen (secondary N) is 2. The number of amides is 2. The highest BCUT2D eigenvalue weighted by atomic mass is 16.3. The Morgan fingerprint density at radius 3 is 2.41 bits per heavy atom. The molecule has 22 heavy (non-hydrogen) atoms. The highest BCUT2D eigenvalue weighted by molar-refractivity contribution is 5.98. The molecule has 2 N–H and O–H groups in total. The number of urea groups is 1. The molecule has 0 atom stereocenters. The van der Waals surface area contributed by atoms with Crippen LogP contribution in [0.2, 0.25) is 0 Å². The Labute approximate surface area is 129 Å². The van der Waals surface area contributed by atoms with E-state index in [0.29, 0.717) is 5.88 Å². The first kappa shape index (κ1) is 14.5. The zero-order chi connectivity index (χ0) is 15.4. The van der Waals surface area contributed by atoms with Crippen LogP contribution in [-0.2, 0) is 0 Å². The highest BCUT2D eigenvalue weighted by Crippen LogP contribution is 2.19. The monoisotopic (exact) mass is 300 g/mol. The molecule has 0 spiro atoms. The van der Waals surface area contributed by atoms with Gasteiger partial charge in [0.25, 0.3) is 0 Å². The number of rotatable bonds is 3. The molecule has 0 radical (unpaired) electrons. The van der Waals surface area contributed by atoms with Gasteiger partial charge in [0.2, 0.25) is 5.88 Å². The van der Waals surface area contributed by atoms with Crippen molar-refractivity contribution in [3.8, 4) is 0 Å². The van der Waals surface area contributed by atoms with Gasteiger partial charge in [0.15, 0.2) is 0 Å². The van der Waals surface area contributed by atoms with Crippen molar-refractivity contribution in [3.05, 3.63) is 42.7 Å². The maximum absolute atomic E-state index is 11.8. The fraction of sp³-hybridized carbons (Fsp3) is 0.312. The molecular formula is C16H20N4O2. The van der Waals surface area contributed by atoms with Gasteiger partial charge in [-0.05, 0) is 37.4 Å². The second kappa shape index (κ2) is 6.53. The van der Waals surface area contributed by atoms with E-state index in [-0.39, 0.29) is 6.03 Å². The minimum atomic E-state index is -0.317. The number of anilines is 3. The summed E-state index contributed by atoms with van der Waals surface area (Å²) in [5, 5.41) is 5.40. The zero-order valence-electron chi connectivity index (χ0n) is 12.6. The number of nitrogens with zero attached hydrogens (tertiary/aromatic N) is 2. The van der Waals surface area contributed by atoms with Crippen molar-refractivity contribution in [2.24, 2.45) is 0 Å². The number of carbonyl (C=O) groups is 1. The van der Waals surface area contributed by atoms with Gasteiger partial charge < -0.3 is 19.5 Å². The lowest BCUT2D eigenvalue weighted by Crippen LogP contribution is -2.44. The molecule has 116 valence electrons. The van der Waals surface area contributed by atoms with Crippen LogP contribution in [-0.4, -0.2) is 44.2 Å². The van der Waals surface area contributed by atoms with Crippen LogP contribution in [0, 0.1) is 0 Å². The maximum atomic E-state index is 11.8. The van der Waals surface area contributed by atoms with E-state index in [1.165, 1.54) is 12.0 Å². The van der Waals surface area contributed by atoms with Gasteiger partial charge in [0.1, 0.15) is 0 Å². The van der Waals surface area contributed by atoms with Crippen LogP contribution in [0.5, 0.6) is 0 Å². The molecule has 1 saturated heterocycles. The summed E-state index contributed by atoms with van der Waals surface area (Å²) in [5.74, 6) is 0.423. The summed E-state index contributed by atoms with van der Waals surface area (Å²) in [6.45, 7) is 4.21. The molecule has 1 aromatic heterocycles. The summed E-state index contributed by atoms with van der Waals surface area (Å²) in [5.41, 5.74) is 1.94. The Bertz CT molecular complexity index is 602. The molecule has 0 bridgehead atoms. The fourth-order valence-corrected chi connectivity index (χ4v) is 2.44. The summed E-state index contributed by atoms with van der Waals surface area (Å²) in [6, 6.07) is 11.0. The summed E-state index contributed by atoms with van der Waals surface area (Å²) in [7, 11) is 2.14. The van der Waals surface area contributed by atoms with Crippen molar-refractivity contribution in [2.75, 3.05) is 48.8 Å². The lowest BCUT2D eigenvalue weighted by atomic mass is 10.2. The second-order valence-corrected chi connectivity index (χ2v) is 5.39. The third-order valence-electron chi connectivity index (χ3n) is 3.75. The molecule has 2 amide bonds. The molecule has 6 heteroatoms. The van der Waals surface area contributed by atoms with E-state index in [9.17, 15) is 4.79 Å². The average molecular weight is 300 g/mol. The molecule has 1 aliphatic heterocycles. The minimum Gasteiger partial charge on any atom is -0.449 e. The van der Waals surface area contributed by atoms with Crippen LogP contribution in [0.1, 0.15) is 0 Å². The first-order chi connectivity index (χ1) is 10.7. The van der Waals surface area contributed by atoms with Gasteiger partial charge >= 0.3 is 6.03 Å². The number of hydrogen-bond acceptors (Lipinski definition) is 4. The maximum Gasteiger partial charge on any atom is 0.326 e. The van der Waals surface area contributed by atoms with Gasteiger partial charge in [-0.3, -0.25) is 5.32 Å². The van der Waals surface area contributed by atoms with Crippen LogP contribution in [0.25, 0.3) is 0 Å². The molecule has 2 heterocycles. The van der Waals surface area contributed by atoms with Gasteiger partial charge in [0.05, 0.1) is 6.26 Å². The Morgan fingerprint density at radius 2 is 1.77 bits per heavy atom. The molecule has 1 fully saturated rings. The second-order valence-electron chi connectivity index (χ2n) is 5.39. The third-order valence-corrected chi connectivity index (χ3v) is 3.75. The summed E-state index contributed by atoms with van der Waals surface area (Å²) in [6.07, 6.45) is 1.51. The summed E-state index contributed by atoms with van der Waals surface area (Å²) in [4.78, 5) is 16.5. The highest BCUT2D eigenvalue weighted by Gasteiger charge is 2.14. The van der Waals surface area contributed by atoms with E-state index in [1.54, 1.807) is 12.1 Å². The zero-order valence-corrected chi connectivity index (χ0v) is 12.6. The predicted molar refractivity (Wildman–Crippen MR) is 87.5 cm³/mol. The largest absolute Gasteiger partial charge is 0.449 e. The van der Waals surface area contributed by atoms with Crippen LogP contribution in [0.3, 0.4) is 0 Å². The van der Waals surface area contributed by atoms with Gasteiger partial charge in [-0.15, -0.1) is 0 Å². The smallest absolute Gasteiger partial charge is 0.326 e. The Kier molecular flexibility index (Phi) is 4.29. The Hall–Kier alpha value is -2.47. The molecule has 1 aliphatic rings. The van der Waals surface area contributed by atoms with E-state index in [1.807, 2.05) is 24.3 Å². The molecule has 0 saturated carbocycles. The van der Waals surface area contributed by atoms with Gasteiger partial charge in [0, 0.05) is 43.6 Å². The topological polar surface area (TPSA) is 60.8 Å². The van der Waals surface area contributed by atoms with Crippen molar-refractivity contribution in [3.63, 3.8) is 0 Å². The van der Waals surface area contributed by atoms with E-state index in [2.05, 4.69) is 27.5 Å². The molecule has 0 aliphatic carbocycles. The van der Waals surface area contributed by atoms with Crippen molar-refractivity contribution >= 4 is 23.3 Å². The summed E-state index contributed by atoms with van der Waals surface area (Å²) >= 11 is 0. The number of benzene rings is 1. The number of carbonyl (C=O) groups excluding carboxylic acids is 1. The molecule has 3 rings (SSSR count). The van der Waals surface area contributed by atoms with Crippen molar-refractivity contribution < 1.29 is 9.21 Å². The van der Waals surface area contributed by atoms with E-state index in [4.69, 9.17) is 4.42 Å². The standard InChI is InChI=1S/C16H20N4O2/c1-19-8-10-20(11-9-19)14-6-4-13(5-7-14)17-16(21)18-15-3-2-12-22-15/h2-7,12H,8-11H2,1H3,(H2,17,18,21). The quantitative estimate of drug-likeness (QED) is 0.915. The van der Waals surface area contributed by atoms with Gasteiger partial charge in [-0.2, -0.15) is 0 Å². The molecular weight excluding hydrogens is 280 g/mol. The minimum absolute atomic E-state index is 0.317. The first-order valence-corrected chi connectivity index (χ1v) is 7.36. The number of furan rings is 1. The first-order valence-electron chi connectivity index (χ1n) is 7.36. The predicted octanol–water partition coefficient (Wildman–Crippen LogP) is 2.68. The van der Waals surface area contributed by atoms with Crippen molar-refractivity contribution in [1.29, 1.82) is 0 Å².